The molecule has 172 valence electrons. The molecule has 0 amide bonds. The third-order valence-electron chi connectivity index (χ3n) is 5.35. The normalized spacial score (nSPS) is 10.9. The molecule has 0 N–H and O–H groups in total. The van der Waals surface area contributed by atoms with E-state index in [0.717, 1.165) is 18.2 Å². The van der Waals surface area contributed by atoms with Crippen molar-refractivity contribution in [2.45, 2.75) is 6.92 Å². The highest BCUT2D eigenvalue weighted by Gasteiger charge is 2.34. The Kier molecular flexibility index (Phi) is 6.41. The third-order valence-corrected chi connectivity index (χ3v) is 5.89. The molecule has 0 saturated heterocycles. The van der Waals surface area contributed by atoms with Crippen molar-refractivity contribution >= 4 is 46.4 Å². The first kappa shape index (κ1) is 23.5. The van der Waals surface area contributed by atoms with Crippen molar-refractivity contribution in [3.8, 4) is 11.3 Å². The Balaban J connectivity index is 2.06. The molecule has 0 aliphatic rings. The first-order valence-corrected chi connectivity index (χ1v) is 10.8. The number of nitrogens with zero attached hydrogens (tertiary/aromatic N) is 2. The number of benzene rings is 2. The Hall–Kier alpha value is -3.68. The number of ketones is 1. The second-order valence-electron chi connectivity index (χ2n) is 7.43. The second-order valence-corrected chi connectivity index (χ2v) is 8.27. The van der Waals surface area contributed by atoms with Crippen LogP contribution in [0.4, 0.5) is 0 Å². The summed E-state index contributed by atoms with van der Waals surface area (Å²) >= 11 is 12.2. The number of methoxy groups -OCH3 is 2. The van der Waals surface area contributed by atoms with Gasteiger partial charge in [0, 0.05) is 16.1 Å². The summed E-state index contributed by atoms with van der Waals surface area (Å²) in [6.45, 7) is 1.96. The minimum Gasteiger partial charge on any atom is -0.465 e. The Labute approximate surface area is 204 Å². The van der Waals surface area contributed by atoms with E-state index in [2.05, 4.69) is 4.98 Å². The molecule has 2 heterocycles. The van der Waals surface area contributed by atoms with Gasteiger partial charge < -0.3 is 9.47 Å². The molecule has 7 nitrogen and oxygen atoms in total. The molecule has 0 unspecified atom stereocenters. The van der Waals surface area contributed by atoms with Gasteiger partial charge in [0.1, 0.15) is 23.1 Å². The number of aromatic nitrogens is 2. The van der Waals surface area contributed by atoms with Crippen LogP contribution in [0.25, 0.3) is 16.8 Å². The molecule has 0 fully saturated rings. The number of aryl methyl sites for hydroxylation is 1. The topological polar surface area (TPSA) is 87.0 Å². The molecule has 0 aliphatic heterocycles. The molecule has 4 rings (SSSR count). The van der Waals surface area contributed by atoms with Crippen molar-refractivity contribution in [2.24, 2.45) is 0 Å². The lowest BCUT2D eigenvalue weighted by atomic mass is 10.0. The molecule has 4 aromatic rings. The van der Waals surface area contributed by atoms with Gasteiger partial charge in [-0.1, -0.05) is 53.0 Å². The number of carbonyl (C=O) groups is 3. The van der Waals surface area contributed by atoms with Gasteiger partial charge in [0.05, 0.1) is 30.5 Å². The Bertz CT molecular complexity index is 1460. The fourth-order valence-electron chi connectivity index (χ4n) is 3.67. The first-order chi connectivity index (χ1) is 16.3. The van der Waals surface area contributed by atoms with E-state index in [-0.39, 0.29) is 32.9 Å². The van der Waals surface area contributed by atoms with Crippen LogP contribution in [-0.2, 0) is 9.47 Å². The van der Waals surface area contributed by atoms with E-state index in [1.807, 2.05) is 31.2 Å². The molecule has 9 heteroatoms. The zero-order valence-electron chi connectivity index (χ0n) is 18.4. The molecule has 2 aromatic carbocycles. The Morgan fingerprint density at radius 1 is 0.882 bits per heavy atom. The van der Waals surface area contributed by atoms with Crippen molar-refractivity contribution in [2.75, 3.05) is 14.2 Å². The van der Waals surface area contributed by atoms with Crippen molar-refractivity contribution < 1.29 is 23.9 Å². The largest absolute Gasteiger partial charge is 0.465 e. The van der Waals surface area contributed by atoms with E-state index in [0.29, 0.717) is 10.7 Å². The highest BCUT2D eigenvalue weighted by atomic mass is 35.5. The summed E-state index contributed by atoms with van der Waals surface area (Å²) in [5.41, 5.74) is 2.26. The highest BCUT2D eigenvalue weighted by Crippen LogP contribution is 2.32. The zero-order valence-corrected chi connectivity index (χ0v) is 19.9. The lowest BCUT2D eigenvalue weighted by Crippen LogP contribution is -2.15. The van der Waals surface area contributed by atoms with Crippen LogP contribution in [-0.4, -0.2) is 41.3 Å². The molecule has 2 aromatic heterocycles. The van der Waals surface area contributed by atoms with Gasteiger partial charge in [-0.05, 0) is 31.2 Å². The van der Waals surface area contributed by atoms with E-state index in [1.54, 1.807) is 6.07 Å². The Morgan fingerprint density at radius 2 is 1.53 bits per heavy atom. The van der Waals surface area contributed by atoms with Crippen LogP contribution in [0.2, 0.25) is 10.0 Å². The number of hydrogen-bond acceptors (Lipinski definition) is 6. The molecule has 0 spiro atoms. The average Bonchev–Trinajstić information content (AvgIpc) is 3.17. The van der Waals surface area contributed by atoms with Gasteiger partial charge in [0.25, 0.3) is 0 Å². The van der Waals surface area contributed by atoms with Crippen LogP contribution in [0.15, 0.2) is 54.9 Å². The zero-order chi connectivity index (χ0) is 24.6. The molecule has 34 heavy (non-hydrogen) atoms. The van der Waals surface area contributed by atoms with Gasteiger partial charge in [-0.15, -0.1) is 0 Å². The number of fused-ring (bicyclic) bond motifs is 1. The predicted octanol–water partition coefficient (Wildman–Crippen LogP) is 5.42. The van der Waals surface area contributed by atoms with E-state index >= 15 is 0 Å². The van der Waals surface area contributed by atoms with E-state index < -0.39 is 17.7 Å². The van der Waals surface area contributed by atoms with Gasteiger partial charge in [-0.3, -0.25) is 9.20 Å². The standard InChI is InChI=1S/C25H18Cl2N2O5/c1-13-4-6-14(7-5-13)18-11-19-20(24(31)33-2)21(25(32)34-3)22(29(19)12-28-18)23(30)16-9-8-15(26)10-17(16)27/h4-12H,1-3H3. The van der Waals surface area contributed by atoms with Gasteiger partial charge in [0.2, 0.25) is 5.78 Å². The molecule has 0 bridgehead atoms. The quantitative estimate of drug-likeness (QED) is 0.270. The molecule has 0 radical (unpaired) electrons. The smallest absolute Gasteiger partial charge is 0.341 e. The fraction of sp³-hybridized carbons (Fsp3) is 0.120. The summed E-state index contributed by atoms with van der Waals surface area (Å²) in [6.07, 6.45) is 1.38. The fourth-order valence-corrected chi connectivity index (χ4v) is 4.17. The van der Waals surface area contributed by atoms with E-state index in [4.69, 9.17) is 32.7 Å². The van der Waals surface area contributed by atoms with Crippen LogP contribution in [0.3, 0.4) is 0 Å². The monoisotopic (exact) mass is 496 g/mol. The van der Waals surface area contributed by atoms with E-state index in [1.165, 1.54) is 36.0 Å². The molecular formula is C25H18Cl2N2O5. The third kappa shape index (κ3) is 4.04. The number of hydrogen-bond donors (Lipinski definition) is 0. The summed E-state index contributed by atoms with van der Waals surface area (Å²) < 4.78 is 11.2. The molecule has 0 saturated carbocycles. The van der Waals surface area contributed by atoms with Gasteiger partial charge >= 0.3 is 11.9 Å². The number of halogens is 2. The second kappa shape index (κ2) is 9.29. The van der Waals surface area contributed by atoms with Crippen molar-refractivity contribution in [3.05, 3.63) is 92.9 Å². The summed E-state index contributed by atoms with van der Waals surface area (Å²) in [4.78, 5) is 43.7. The lowest BCUT2D eigenvalue weighted by molar-refractivity contribution is 0.0556. The number of ether oxygens (including phenoxy) is 2. The van der Waals surface area contributed by atoms with Gasteiger partial charge in [0.15, 0.2) is 0 Å². The number of esters is 2. The minimum absolute atomic E-state index is 0.0899. The SMILES string of the molecule is COC(=O)c1c(C(=O)OC)c2cc(-c3ccc(C)cc3)ncn2c1C(=O)c1ccc(Cl)cc1Cl. The van der Waals surface area contributed by atoms with Gasteiger partial charge in [-0.2, -0.15) is 0 Å². The van der Waals surface area contributed by atoms with E-state index in [9.17, 15) is 14.4 Å². The lowest BCUT2D eigenvalue weighted by Gasteiger charge is -2.08. The number of carbonyl (C=O) groups excluding carboxylic acids is 3. The average molecular weight is 497 g/mol. The highest BCUT2D eigenvalue weighted by molar-refractivity contribution is 6.38. The van der Waals surface area contributed by atoms with Crippen LogP contribution in [0, 0.1) is 6.92 Å². The summed E-state index contributed by atoms with van der Waals surface area (Å²) in [6, 6.07) is 13.6. The first-order valence-electron chi connectivity index (χ1n) is 10.0. The number of rotatable bonds is 5. The molecule has 0 atom stereocenters. The Morgan fingerprint density at radius 3 is 2.15 bits per heavy atom. The van der Waals surface area contributed by atoms with Crippen LogP contribution in [0.5, 0.6) is 0 Å². The maximum atomic E-state index is 13.6. The maximum Gasteiger partial charge on any atom is 0.341 e. The molecular weight excluding hydrogens is 479 g/mol. The van der Waals surface area contributed by atoms with Crippen LogP contribution < -0.4 is 0 Å². The summed E-state index contributed by atoms with van der Waals surface area (Å²) in [5, 5.41) is 0.432. The minimum atomic E-state index is -0.880. The maximum absolute atomic E-state index is 13.6. The molecule has 0 aliphatic carbocycles. The summed E-state index contributed by atoms with van der Waals surface area (Å²) in [5.74, 6) is -2.30. The predicted molar refractivity (Wildman–Crippen MR) is 128 cm³/mol. The van der Waals surface area contributed by atoms with Crippen molar-refractivity contribution in [1.29, 1.82) is 0 Å². The van der Waals surface area contributed by atoms with Crippen LogP contribution in [0.1, 0.15) is 42.3 Å². The summed E-state index contributed by atoms with van der Waals surface area (Å²) in [7, 11) is 2.34. The van der Waals surface area contributed by atoms with Crippen molar-refractivity contribution in [1.82, 2.24) is 9.38 Å². The van der Waals surface area contributed by atoms with Crippen molar-refractivity contribution in [3.63, 3.8) is 0 Å². The van der Waals surface area contributed by atoms with Gasteiger partial charge in [-0.25, -0.2) is 14.6 Å². The van der Waals surface area contributed by atoms with Crippen LogP contribution >= 0.6 is 23.2 Å².